The van der Waals surface area contributed by atoms with E-state index in [1.807, 2.05) is 0 Å². The maximum Gasteiger partial charge on any atom is 0.419 e. The van der Waals surface area contributed by atoms with Gasteiger partial charge >= 0.3 is 12.1 Å². The number of hydrogen-bond donors (Lipinski definition) is 0. The molecule has 0 amide bonds. The number of hydrogen-bond acceptors (Lipinski definition) is 4. The molecule has 1 aromatic carbocycles. The summed E-state index contributed by atoms with van der Waals surface area (Å²) in [5.41, 5.74) is -1.14. The Morgan fingerprint density at radius 2 is 1.79 bits per heavy atom. The van der Waals surface area contributed by atoms with Crippen LogP contribution in [-0.4, -0.2) is 25.9 Å². The molecule has 0 spiro atoms. The summed E-state index contributed by atoms with van der Waals surface area (Å²) in [6.45, 7) is 1.05. The van der Waals surface area contributed by atoms with Gasteiger partial charge in [0.05, 0.1) is 5.56 Å². The zero-order valence-electron chi connectivity index (χ0n) is 10.1. The first-order valence-electron chi connectivity index (χ1n) is 5.10. The lowest BCUT2D eigenvalue weighted by molar-refractivity contribution is -0.142. The molecule has 0 saturated carbocycles. The van der Waals surface area contributed by atoms with Crippen molar-refractivity contribution in [3.05, 3.63) is 29.8 Å². The molecule has 0 aromatic heterocycles. The molecule has 0 bridgehead atoms. The SMILES string of the molecule is CC(C(=O)Oc1ccccc1C(F)(F)F)S(C)(=O)=O. The third-order valence-corrected chi connectivity index (χ3v) is 3.85. The summed E-state index contributed by atoms with van der Waals surface area (Å²) < 4.78 is 64.6. The molecule has 4 nitrogen and oxygen atoms in total. The Kier molecular flexibility index (Phi) is 4.24. The standard InChI is InChI=1S/C11H11F3O4S/c1-7(19(2,16)17)10(15)18-9-6-4-3-5-8(9)11(12,13)14/h3-7H,1-2H3. The van der Waals surface area contributed by atoms with Crippen LogP contribution in [0.5, 0.6) is 5.75 Å². The van der Waals surface area contributed by atoms with Gasteiger partial charge < -0.3 is 4.74 Å². The van der Waals surface area contributed by atoms with Crippen LogP contribution in [-0.2, 0) is 20.8 Å². The minimum Gasteiger partial charge on any atom is -0.425 e. The smallest absolute Gasteiger partial charge is 0.419 e. The zero-order valence-corrected chi connectivity index (χ0v) is 10.9. The average Bonchev–Trinajstić information content (AvgIpc) is 2.26. The van der Waals surface area contributed by atoms with Gasteiger partial charge in [-0.15, -0.1) is 0 Å². The zero-order chi connectivity index (χ0) is 14.8. The van der Waals surface area contributed by atoms with Crippen molar-refractivity contribution >= 4 is 15.8 Å². The lowest BCUT2D eigenvalue weighted by Gasteiger charge is -2.14. The van der Waals surface area contributed by atoms with Gasteiger partial charge in [-0.25, -0.2) is 8.42 Å². The van der Waals surface area contributed by atoms with Gasteiger partial charge in [-0.05, 0) is 19.1 Å². The number of sulfone groups is 1. The Morgan fingerprint density at radius 3 is 2.26 bits per heavy atom. The van der Waals surface area contributed by atoms with Crippen LogP contribution in [0, 0.1) is 0 Å². The number of carbonyl (C=O) groups excluding carboxylic acids is 1. The summed E-state index contributed by atoms with van der Waals surface area (Å²) in [7, 11) is -3.73. The van der Waals surface area contributed by atoms with Crippen LogP contribution in [0.1, 0.15) is 12.5 Å². The fourth-order valence-corrected chi connectivity index (χ4v) is 1.55. The van der Waals surface area contributed by atoms with E-state index < -0.39 is 38.5 Å². The number of carbonyl (C=O) groups is 1. The van der Waals surface area contributed by atoms with Crippen LogP contribution >= 0.6 is 0 Å². The molecule has 0 radical (unpaired) electrons. The minimum absolute atomic E-state index is 0.712. The maximum atomic E-state index is 12.6. The predicted octanol–water partition coefficient (Wildman–Crippen LogP) is 2.04. The third-order valence-electron chi connectivity index (χ3n) is 2.38. The molecule has 0 aliphatic rings. The first kappa shape index (κ1) is 15.5. The molecule has 0 heterocycles. The van der Waals surface area contributed by atoms with Crippen LogP contribution in [0.3, 0.4) is 0 Å². The highest BCUT2D eigenvalue weighted by Gasteiger charge is 2.35. The third kappa shape index (κ3) is 3.95. The van der Waals surface area contributed by atoms with Crippen molar-refractivity contribution in [2.45, 2.75) is 18.3 Å². The van der Waals surface area contributed by atoms with E-state index in [0.717, 1.165) is 31.4 Å². The van der Waals surface area contributed by atoms with E-state index in [-0.39, 0.29) is 0 Å². The van der Waals surface area contributed by atoms with Gasteiger partial charge in [-0.2, -0.15) is 13.2 Å². The number of esters is 1. The number of para-hydroxylation sites is 1. The fraction of sp³-hybridized carbons (Fsp3) is 0.364. The second-order valence-corrected chi connectivity index (χ2v) is 6.25. The van der Waals surface area contributed by atoms with Crippen molar-refractivity contribution < 1.29 is 31.1 Å². The van der Waals surface area contributed by atoms with Crippen LogP contribution in [0.15, 0.2) is 24.3 Å². The summed E-state index contributed by atoms with van der Waals surface area (Å²) in [5, 5.41) is -1.53. The summed E-state index contributed by atoms with van der Waals surface area (Å²) in [4.78, 5) is 11.5. The lowest BCUT2D eigenvalue weighted by atomic mass is 10.2. The van der Waals surface area contributed by atoms with Gasteiger partial charge in [0.2, 0.25) is 0 Å². The molecule has 0 aliphatic heterocycles. The molecular formula is C11H11F3O4S. The Morgan fingerprint density at radius 1 is 1.26 bits per heavy atom. The van der Waals surface area contributed by atoms with E-state index in [1.165, 1.54) is 6.07 Å². The Bertz CT molecular complexity index is 578. The number of rotatable bonds is 3. The second kappa shape index (κ2) is 5.20. The predicted molar refractivity (Wildman–Crippen MR) is 61.4 cm³/mol. The van der Waals surface area contributed by atoms with Crippen molar-refractivity contribution in [3.8, 4) is 5.75 Å². The van der Waals surface area contributed by atoms with E-state index >= 15 is 0 Å². The molecule has 0 fully saturated rings. The van der Waals surface area contributed by atoms with Crippen molar-refractivity contribution in [2.24, 2.45) is 0 Å². The second-order valence-electron chi connectivity index (χ2n) is 3.89. The largest absolute Gasteiger partial charge is 0.425 e. The molecule has 1 rings (SSSR count). The number of ether oxygens (including phenoxy) is 1. The van der Waals surface area contributed by atoms with Crippen molar-refractivity contribution in [1.29, 1.82) is 0 Å². The quantitative estimate of drug-likeness (QED) is 0.632. The number of halogens is 3. The van der Waals surface area contributed by atoms with Crippen LogP contribution in [0.2, 0.25) is 0 Å². The van der Waals surface area contributed by atoms with E-state index in [4.69, 9.17) is 0 Å². The molecule has 0 aliphatic carbocycles. The summed E-state index contributed by atoms with van der Waals surface area (Å²) in [5.74, 6) is -1.96. The topological polar surface area (TPSA) is 60.4 Å². The number of benzene rings is 1. The van der Waals surface area contributed by atoms with Crippen LogP contribution in [0.25, 0.3) is 0 Å². The normalized spacial score (nSPS) is 13.9. The molecule has 0 saturated heterocycles. The molecule has 19 heavy (non-hydrogen) atoms. The molecular weight excluding hydrogens is 285 g/mol. The van der Waals surface area contributed by atoms with Gasteiger partial charge in [0.1, 0.15) is 5.75 Å². The van der Waals surface area contributed by atoms with Crippen molar-refractivity contribution in [2.75, 3.05) is 6.26 Å². The summed E-state index contributed by atoms with van der Waals surface area (Å²) in [6.07, 6.45) is -3.89. The molecule has 8 heteroatoms. The first-order chi connectivity index (χ1) is 8.53. The molecule has 1 unspecified atom stereocenters. The van der Waals surface area contributed by atoms with E-state index in [0.29, 0.717) is 0 Å². The molecule has 1 aromatic rings. The minimum atomic E-state index is -4.69. The monoisotopic (exact) mass is 296 g/mol. The molecule has 0 N–H and O–H groups in total. The van der Waals surface area contributed by atoms with Gasteiger partial charge in [-0.1, -0.05) is 12.1 Å². The fourth-order valence-electron chi connectivity index (χ4n) is 1.16. The van der Waals surface area contributed by atoms with E-state index in [2.05, 4.69) is 4.74 Å². The highest BCUT2D eigenvalue weighted by atomic mass is 32.2. The van der Waals surface area contributed by atoms with E-state index in [9.17, 15) is 26.4 Å². The highest BCUT2D eigenvalue weighted by Crippen LogP contribution is 2.36. The highest BCUT2D eigenvalue weighted by molar-refractivity contribution is 7.92. The summed E-state index contributed by atoms with van der Waals surface area (Å²) >= 11 is 0. The van der Waals surface area contributed by atoms with E-state index in [1.54, 1.807) is 0 Å². The lowest BCUT2D eigenvalue weighted by Crippen LogP contribution is -2.30. The number of alkyl halides is 3. The Balaban J connectivity index is 3.05. The summed E-state index contributed by atoms with van der Waals surface area (Å²) in [6, 6.07) is 4.09. The molecule has 106 valence electrons. The maximum absolute atomic E-state index is 12.6. The Hall–Kier alpha value is -1.57. The average molecular weight is 296 g/mol. The first-order valence-corrected chi connectivity index (χ1v) is 7.05. The van der Waals surface area contributed by atoms with Gasteiger partial charge in [0.15, 0.2) is 15.1 Å². The van der Waals surface area contributed by atoms with Gasteiger partial charge in [0.25, 0.3) is 0 Å². The van der Waals surface area contributed by atoms with Crippen LogP contribution in [0.4, 0.5) is 13.2 Å². The Labute approximate surface area is 108 Å². The van der Waals surface area contributed by atoms with Crippen molar-refractivity contribution in [3.63, 3.8) is 0 Å². The van der Waals surface area contributed by atoms with Crippen molar-refractivity contribution in [1.82, 2.24) is 0 Å². The van der Waals surface area contributed by atoms with Gasteiger partial charge in [0, 0.05) is 6.26 Å². The van der Waals surface area contributed by atoms with Crippen LogP contribution < -0.4 is 4.74 Å². The van der Waals surface area contributed by atoms with Gasteiger partial charge in [-0.3, -0.25) is 4.79 Å². The molecule has 1 atom stereocenters.